The summed E-state index contributed by atoms with van der Waals surface area (Å²) in [5.41, 5.74) is 9.21. The van der Waals surface area contributed by atoms with E-state index in [2.05, 4.69) is 24.4 Å². The van der Waals surface area contributed by atoms with E-state index in [0.29, 0.717) is 23.7 Å². The molecule has 0 aromatic heterocycles. The maximum Gasteiger partial charge on any atom is 0.251 e. The van der Waals surface area contributed by atoms with E-state index in [4.69, 9.17) is 5.73 Å². The van der Waals surface area contributed by atoms with E-state index in [1.165, 1.54) is 5.56 Å². The highest BCUT2D eigenvalue weighted by Gasteiger charge is 2.13. The van der Waals surface area contributed by atoms with E-state index in [1.807, 2.05) is 37.3 Å². The summed E-state index contributed by atoms with van der Waals surface area (Å²) in [6.45, 7) is 4.69. The minimum Gasteiger partial charge on any atom is -0.399 e. The molecule has 0 spiro atoms. The Morgan fingerprint density at radius 3 is 2.50 bits per heavy atom. The molecule has 0 heterocycles. The van der Waals surface area contributed by atoms with Crippen LogP contribution in [0.25, 0.3) is 0 Å². The summed E-state index contributed by atoms with van der Waals surface area (Å²) < 4.78 is 0. The van der Waals surface area contributed by atoms with Crippen LogP contribution in [-0.2, 0) is 0 Å². The Labute approximate surface area is 138 Å². The number of hydrogen-bond acceptors (Lipinski definition) is 2. The molecule has 0 radical (unpaired) electrons. The third kappa shape index (κ3) is 4.50. The zero-order valence-electron chi connectivity index (χ0n) is 13.0. The number of nitrogen functional groups attached to an aromatic ring is 1. The van der Waals surface area contributed by atoms with Crippen molar-refractivity contribution in [1.29, 1.82) is 0 Å². The van der Waals surface area contributed by atoms with Gasteiger partial charge in [-0.15, -0.1) is 12.4 Å². The average Bonchev–Trinajstić information content (AvgIpc) is 2.51. The maximum absolute atomic E-state index is 12.3. The number of anilines is 1. The fourth-order valence-corrected chi connectivity index (χ4v) is 2.42. The van der Waals surface area contributed by atoms with Gasteiger partial charge in [-0.3, -0.25) is 4.79 Å². The van der Waals surface area contributed by atoms with Gasteiger partial charge >= 0.3 is 0 Å². The lowest BCUT2D eigenvalue weighted by Gasteiger charge is -2.17. The van der Waals surface area contributed by atoms with E-state index in [0.717, 1.165) is 12.0 Å². The first-order chi connectivity index (χ1) is 10.1. The molecule has 0 aliphatic carbocycles. The molecule has 118 valence electrons. The lowest BCUT2D eigenvalue weighted by Crippen LogP contribution is -2.28. The molecule has 0 aliphatic rings. The first-order valence-electron chi connectivity index (χ1n) is 7.31. The number of carbonyl (C=O) groups is 1. The van der Waals surface area contributed by atoms with Gasteiger partial charge < -0.3 is 11.1 Å². The molecule has 0 fully saturated rings. The molecule has 1 unspecified atom stereocenters. The van der Waals surface area contributed by atoms with Gasteiger partial charge in [-0.05, 0) is 36.6 Å². The molecular weight excluding hydrogens is 296 g/mol. The van der Waals surface area contributed by atoms with E-state index in [-0.39, 0.29) is 18.3 Å². The minimum atomic E-state index is -0.0609. The van der Waals surface area contributed by atoms with E-state index in [1.54, 1.807) is 6.07 Å². The molecular formula is C18H23ClN2O. The molecule has 2 rings (SSSR count). The smallest absolute Gasteiger partial charge is 0.251 e. The third-order valence-corrected chi connectivity index (χ3v) is 3.78. The second-order valence-corrected chi connectivity index (χ2v) is 5.30. The molecule has 1 amide bonds. The molecule has 0 aliphatic heterocycles. The number of hydrogen-bond donors (Lipinski definition) is 2. The Balaban J connectivity index is 0.00000242. The standard InChI is InChI=1S/C18H22N2O.ClH/c1-3-14(15-7-5-4-6-8-15)12-20-18(21)17-11-16(19)10-9-13(17)2;/h4-11,14H,3,12,19H2,1-2H3,(H,20,21);1H. The Bertz CT molecular complexity index is 614. The summed E-state index contributed by atoms with van der Waals surface area (Å²) in [6.07, 6.45) is 0.986. The maximum atomic E-state index is 12.3. The van der Waals surface area contributed by atoms with Crippen LogP contribution in [0.4, 0.5) is 5.69 Å². The lowest BCUT2D eigenvalue weighted by molar-refractivity contribution is 0.0950. The number of amides is 1. The van der Waals surface area contributed by atoms with Crippen LogP contribution in [-0.4, -0.2) is 12.5 Å². The lowest BCUT2D eigenvalue weighted by atomic mass is 9.96. The van der Waals surface area contributed by atoms with Crippen molar-refractivity contribution < 1.29 is 4.79 Å². The van der Waals surface area contributed by atoms with Gasteiger partial charge in [0.25, 0.3) is 5.91 Å². The molecule has 0 bridgehead atoms. The monoisotopic (exact) mass is 318 g/mol. The van der Waals surface area contributed by atoms with Crippen LogP contribution in [0.5, 0.6) is 0 Å². The fraction of sp³-hybridized carbons (Fsp3) is 0.278. The Kier molecular flexibility index (Phi) is 6.93. The minimum absolute atomic E-state index is 0. The largest absolute Gasteiger partial charge is 0.399 e. The summed E-state index contributed by atoms with van der Waals surface area (Å²) in [5, 5.41) is 3.02. The Morgan fingerprint density at radius 1 is 1.18 bits per heavy atom. The summed E-state index contributed by atoms with van der Waals surface area (Å²) in [4.78, 5) is 12.3. The number of nitrogens with two attached hydrogens (primary N) is 1. The predicted octanol–water partition coefficient (Wildman–Crippen LogP) is 3.92. The van der Waals surface area contributed by atoms with Crippen LogP contribution in [0.1, 0.15) is 40.7 Å². The number of benzene rings is 2. The van der Waals surface area contributed by atoms with Gasteiger partial charge in [0, 0.05) is 23.7 Å². The normalized spacial score (nSPS) is 11.4. The molecule has 0 saturated carbocycles. The number of rotatable bonds is 5. The zero-order chi connectivity index (χ0) is 15.2. The molecule has 1 atom stereocenters. The molecule has 2 aromatic rings. The average molecular weight is 319 g/mol. The van der Waals surface area contributed by atoms with E-state index in [9.17, 15) is 4.79 Å². The Hall–Kier alpha value is -2.00. The van der Waals surface area contributed by atoms with Crippen molar-refractivity contribution in [1.82, 2.24) is 5.32 Å². The van der Waals surface area contributed by atoms with E-state index < -0.39 is 0 Å². The molecule has 4 heteroatoms. The van der Waals surface area contributed by atoms with Crippen LogP contribution >= 0.6 is 12.4 Å². The second-order valence-electron chi connectivity index (χ2n) is 5.30. The van der Waals surface area contributed by atoms with Crippen molar-refractivity contribution in [3.63, 3.8) is 0 Å². The van der Waals surface area contributed by atoms with Crippen LogP contribution in [0.2, 0.25) is 0 Å². The van der Waals surface area contributed by atoms with Gasteiger partial charge in [0.05, 0.1) is 0 Å². The highest BCUT2D eigenvalue weighted by atomic mass is 35.5. The summed E-state index contributed by atoms with van der Waals surface area (Å²) in [5.74, 6) is 0.269. The number of nitrogens with one attached hydrogen (secondary N) is 1. The van der Waals surface area contributed by atoms with Gasteiger partial charge in [0.1, 0.15) is 0 Å². The van der Waals surface area contributed by atoms with Crippen molar-refractivity contribution in [3.05, 3.63) is 65.2 Å². The molecule has 2 aromatic carbocycles. The first-order valence-corrected chi connectivity index (χ1v) is 7.31. The fourth-order valence-electron chi connectivity index (χ4n) is 2.42. The van der Waals surface area contributed by atoms with Crippen molar-refractivity contribution in [2.75, 3.05) is 12.3 Å². The van der Waals surface area contributed by atoms with Crippen LogP contribution in [0.3, 0.4) is 0 Å². The van der Waals surface area contributed by atoms with Gasteiger partial charge in [-0.2, -0.15) is 0 Å². The van der Waals surface area contributed by atoms with Gasteiger partial charge in [0.2, 0.25) is 0 Å². The summed E-state index contributed by atoms with van der Waals surface area (Å²) >= 11 is 0. The van der Waals surface area contributed by atoms with Gasteiger partial charge in [0.15, 0.2) is 0 Å². The quantitative estimate of drug-likeness (QED) is 0.821. The van der Waals surface area contributed by atoms with Crippen LogP contribution in [0, 0.1) is 6.92 Å². The number of halogens is 1. The molecule has 3 nitrogen and oxygen atoms in total. The third-order valence-electron chi connectivity index (χ3n) is 3.78. The van der Waals surface area contributed by atoms with Crippen LogP contribution < -0.4 is 11.1 Å². The van der Waals surface area contributed by atoms with Crippen molar-refractivity contribution in [2.24, 2.45) is 0 Å². The van der Waals surface area contributed by atoms with Crippen molar-refractivity contribution >= 4 is 24.0 Å². The van der Waals surface area contributed by atoms with Crippen LogP contribution in [0.15, 0.2) is 48.5 Å². The zero-order valence-corrected chi connectivity index (χ0v) is 13.8. The van der Waals surface area contributed by atoms with Crippen molar-refractivity contribution in [2.45, 2.75) is 26.2 Å². The number of aryl methyl sites for hydroxylation is 1. The van der Waals surface area contributed by atoms with Gasteiger partial charge in [-0.25, -0.2) is 0 Å². The molecule has 0 saturated heterocycles. The second kappa shape index (κ2) is 8.44. The highest BCUT2D eigenvalue weighted by molar-refractivity contribution is 5.96. The Morgan fingerprint density at radius 2 is 1.86 bits per heavy atom. The number of carbonyl (C=O) groups excluding carboxylic acids is 1. The molecule has 22 heavy (non-hydrogen) atoms. The SMILES string of the molecule is CCC(CNC(=O)c1cc(N)ccc1C)c1ccccc1.Cl. The first kappa shape index (κ1) is 18.1. The van der Waals surface area contributed by atoms with E-state index >= 15 is 0 Å². The van der Waals surface area contributed by atoms with Crippen molar-refractivity contribution in [3.8, 4) is 0 Å². The molecule has 3 N–H and O–H groups in total. The predicted molar refractivity (Wildman–Crippen MR) is 94.6 cm³/mol. The van der Waals surface area contributed by atoms with Gasteiger partial charge in [-0.1, -0.05) is 43.3 Å². The summed E-state index contributed by atoms with van der Waals surface area (Å²) in [6, 6.07) is 15.7. The summed E-state index contributed by atoms with van der Waals surface area (Å²) in [7, 11) is 0. The highest BCUT2D eigenvalue weighted by Crippen LogP contribution is 2.18. The topological polar surface area (TPSA) is 55.1 Å².